The Balaban J connectivity index is 1.97. The fourth-order valence-electron chi connectivity index (χ4n) is 2.25. The Bertz CT molecular complexity index is 763. The van der Waals surface area contributed by atoms with E-state index < -0.39 is 0 Å². The predicted octanol–water partition coefficient (Wildman–Crippen LogP) is 2.94. The molecule has 0 radical (unpaired) electrons. The Hall–Kier alpha value is -2.12. The third-order valence-electron chi connectivity index (χ3n) is 3.34. The number of halogens is 1. The van der Waals surface area contributed by atoms with Crippen LogP contribution in [0.4, 0.5) is 4.39 Å². The summed E-state index contributed by atoms with van der Waals surface area (Å²) in [6, 6.07) is 6.29. The van der Waals surface area contributed by atoms with E-state index in [0.717, 1.165) is 40.6 Å². The molecule has 0 spiro atoms. The lowest BCUT2D eigenvalue weighted by Gasteiger charge is -2.02. The molecule has 2 N–H and O–H groups in total. The lowest BCUT2D eigenvalue weighted by Crippen LogP contribution is -2.05. The van der Waals surface area contributed by atoms with Crippen LogP contribution in [0.3, 0.4) is 0 Å². The van der Waals surface area contributed by atoms with E-state index in [2.05, 4.69) is 22.2 Å². The molecule has 2 heterocycles. The van der Waals surface area contributed by atoms with E-state index in [9.17, 15) is 4.39 Å². The van der Waals surface area contributed by atoms with E-state index in [1.165, 1.54) is 23.5 Å². The highest BCUT2D eigenvalue weighted by Crippen LogP contribution is 2.25. The van der Waals surface area contributed by atoms with E-state index in [0.29, 0.717) is 6.54 Å². The van der Waals surface area contributed by atoms with Crippen molar-refractivity contribution in [2.24, 2.45) is 5.73 Å². The van der Waals surface area contributed by atoms with Crippen molar-refractivity contribution in [3.63, 3.8) is 0 Å². The standard InChI is InChI=1S/C15H16FN5S/c1-2-3-14-12(8-17)19-20-21(14)15-18-13(9-22-15)10-4-6-11(16)7-5-10/h4-7,9H,2-3,8,17H2,1H3. The van der Waals surface area contributed by atoms with Gasteiger partial charge in [0.25, 0.3) is 0 Å². The zero-order chi connectivity index (χ0) is 15.5. The van der Waals surface area contributed by atoms with E-state index in [1.54, 1.807) is 16.8 Å². The summed E-state index contributed by atoms with van der Waals surface area (Å²) < 4.78 is 14.8. The Kier molecular flexibility index (Phi) is 4.26. The van der Waals surface area contributed by atoms with Gasteiger partial charge >= 0.3 is 0 Å². The molecule has 0 aliphatic carbocycles. The molecule has 3 rings (SSSR count). The highest BCUT2D eigenvalue weighted by molar-refractivity contribution is 7.12. The van der Waals surface area contributed by atoms with Crippen LogP contribution < -0.4 is 5.73 Å². The Morgan fingerprint density at radius 1 is 1.27 bits per heavy atom. The van der Waals surface area contributed by atoms with Crippen LogP contribution in [0, 0.1) is 5.82 Å². The van der Waals surface area contributed by atoms with Crippen LogP contribution in [0.15, 0.2) is 29.6 Å². The highest BCUT2D eigenvalue weighted by atomic mass is 32.1. The van der Waals surface area contributed by atoms with Crippen LogP contribution in [0.2, 0.25) is 0 Å². The molecule has 0 unspecified atom stereocenters. The Morgan fingerprint density at radius 3 is 2.73 bits per heavy atom. The first kappa shape index (κ1) is 14.8. The van der Waals surface area contributed by atoms with Crippen molar-refractivity contribution in [2.45, 2.75) is 26.3 Å². The van der Waals surface area contributed by atoms with Crippen molar-refractivity contribution < 1.29 is 4.39 Å². The number of nitrogens with zero attached hydrogens (tertiary/aromatic N) is 4. The molecular formula is C15H16FN5S. The van der Waals surface area contributed by atoms with Gasteiger partial charge in [-0.15, -0.1) is 16.4 Å². The molecule has 5 nitrogen and oxygen atoms in total. The number of aromatic nitrogens is 4. The van der Waals surface area contributed by atoms with Gasteiger partial charge in [-0.25, -0.2) is 9.37 Å². The molecular weight excluding hydrogens is 301 g/mol. The lowest BCUT2D eigenvalue weighted by molar-refractivity contribution is 0.628. The Labute approximate surface area is 131 Å². The van der Waals surface area contributed by atoms with Gasteiger partial charge in [-0.1, -0.05) is 18.6 Å². The third-order valence-corrected chi connectivity index (χ3v) is 4.15. The lowest BCUT2D eigenvalue weighted by atomic mass is 10.2. The molecule has 3 aromatic rings. The quantitative estimate of drug-likeness (QED) is 0.785. The third kappa shape index (κ3) is 2.77. The summed E-state index contributed by atoms with van der Waals surface area (Å²) in [5.41, 5.74) is 9.20. The van der Waals surface area contributed by atoms with Crippen LogP contribution in [0.25, 0.3) is 16.4 Å². The molecule has 0 bridgehead atoms. The fraction of sp³-hybridized carbons (Fsp3) is 0.267. The molecule has 0 atom stereocenters. The number of benzene rings is 1. The van der Waals surface area contributed by atoms with Crippen molar-refractivity contribution in [3.8, 4) is 16.4 Å². The second kappa shape index (κ2) is 6.33. The van der Waals surface area contributed by atoms with Gasteiger partial charge in [0.1, 0.15) is 5.82 Å². The summed E-state index contributed by atoms with van der Waals surface area (Å²) in [6.07, 6.45) is 1.83. The monoisotopic (exact) mass is 317 g/mol. The van der Waals surface area contributed by atoms with Gasteiger partial charge in [0.15, 0.2) is 0 Å². The van der Waals surface area contributed by atoms with Gasteiger partial charge in [-0.3, -0.25) is 0 Å². The summed E-state index contributed by atoms with van der Waals surface area (Å²) in [6.45, 7) is 2.47. The van der Waals surface area contributed by atoms with Gasteiger partial charge in [0.05, 0.1) is 17.1 Å². The predicted molar refractivity (Wildman–Crippen MR) is 84.3 cm³/mol. The summed E-state index contributed by atoms with van der Waals surface area (Å²) in [5, 5.41) is 11.0. The van der Waals surface area contributed by atoms with Crippen molar-refractivity contribution in [3.05, 3.63) is 46.9 Å². The largest absolute Gasteiger partial charge is 0.325 e. The normalized spacial score (nSPS) is 11.0. The first-order valence-electron chi connectivity index (χ1n) is 7.08. The Morgan fingerprint density at radius 2 is 2.05 bits per heavy atom. The highest BCUT2D eigenvalue weighted by Gasteiger charge is 2.15. The fourth-order valence-corrected chi connectivity index (χ4v) is 3.05. The molecule has 22 heavy (non-hydrogen) atoms. The summed E-state index contributed by atoms with van der Waals surface area (Å²) in [5.74, 6) is -0.256. The topological polar surface area (TPSA) is 69.6 Å². The summed E-state index contributed by atoms with van der Waals surface area (Å²) in [7, 11) is 0. The average Bonchev–Trinajstić information content (AvgIpc) is 3.15. The van der Waals surface area contributed by atoms with Gasteiger partial charge in [0.2, 0.25) is 5.13 Å². The molecule has 114 valence electrons. The van der Waals surface area contributed by atoms with Crippen LogP contribution in [0.1, 0.15) is 24.7 Å². The minimum absolute atomic E-state index is 0.256. The number of thiazole rings is 1. The van der Waals surface area contributed by atoms with Gasteiger partial charge < -0.3 is 5.73 Å². The van der Waals surface area contributed by atoms with Crippen molar-refractivity contribution in [2.75, 3.05) is 0 Å². The van der Waals surface area contributed by atoms with Crippen LogP contribution >= 0.6 is 11.3 Å². The number of nitrogens with two attached hydrogens (primary N) is 1. The first-order valence-corrected chi connectivity index (χ1v) is 7.96. The zero-order valence-electron chi connectivity index (χ0n) is 12.2. The van der Waals surface area contributed by atoms with Crippen LogP contribution in [0.5, 0.6) is 0 Å². The minimum atomic E-state index is -0.256. The van der Waals surface area contributed by atoms with E-state index in [-0.39, 0.29) is 5.82 Å². The molecule has 0 fully saturated rings. The average molecular weight is 317 g/mol. The second-order valence-corrected chi connectivity index (χ2v) is 5.71. The van der Waals surface area contributed by atoms with Gasteiger partial charge in [0, 0.05) is 17.5 Å². The maximum atomic E-state index is 13.0. The van der Waals surface area contributed by atoms with Crippen LogP contribution in [-0.2, 0) is 13.0 Å². The van der Waals surface area contributed by atoms with Crippen LogP contribution in [-0.4, -0.2) is 20.0 Å². The molecule has 0 aliphatic rings. The molecule has 2 aromatic heterocycles. The van der Waals surface area contributed by atoms with Crippen molar-refractivity contribution in [1.82, 2.24) is 20.0 Å². The van der Waals surface area contributed by atoms with Crippen molar-refractivity contribution >= 4 is 11.3 Å². The summed E-state index contributed by atoms with van der Waals surface area (Å²) in [4.78, 5) is 4.59. The van der Waals surface area contributed by atoms with Crippen molar-refractivity contribution in [1.29, 1.82) is 0 Å². The van der Waals surface area contributed by atoms with E-state index in [1.807, 2.05) is 5.38 Å². The number of hydrogen-bond acceptors (Lipinski definition) is 5. The molecule has 7 heteroatoms. The smallest absolute Gasteiger partial charge is 0.212 e. The molecule has 0 amide bonds. The molecule has 0 saturated carbocycles. The first-order chi connectivity index (χ1) is 10.7. The van der Waals surface area contributed by atoms with Gasteiger partial charge in [-0.2, -0.15) is 4.68 Å². The van der Waals surface area contributed by atoms with E-state index >= 15 is 0 Å². The number of hydrogen-bond donors (Lipinski definition) is 1. The maximum absolute atomic E-state index is 13.0. The molecule has 1 aromatic carbocycles. The van der Waals surface area contributed by atoms with E-state index in [4.69, 9.17) is 5.73 Å². The SMILES string of the molecule is CCCc1c(CN)nnn1-c1nc(-c2ccc(F)cc2)cs1. The summed E-state index contributed by atoms with van der Waals surface area (Å²) >= 11 is 1.48. The maximum Gasteiger partial charge on any atom is 0.212 e. The molecule has 0 saturated heterocycles. The zero-order valence-corrected chi connectivity index (χ0v) is 13.0. The molecule has 0 aliphatic heterocycles. The second-order valence-electron chi connectivity index (χ2n) is 4.87. The number of rotatable bonds is 5. The van der Waals surface area contributed by atoms with Gasteiger partial charge in [-0.05, 0) is 30.7 Å². The minimum Gasteiger partial charge on any atom is -0.325 e.